The average molecular weight is 1210 g/mol. The van der Waals surface area contributed by atoms with E-state index in [4.69, 9.17) is 48.9 Å². The van der Waals surface area contributed by atoms with Gasteiger partial charge in [-0.05, 0) is 77.9 Å². The number of ketones is 2. The number of pyridine rings is 2. The lowest BCUT2D eigenvalue weighted by Gasteiger charge is -2.46. The van der Waals surface area contributed by atoms with Crippen LogP contribution in [-0.4, -0.2) is 124 Å². The number of ether oxygens (including phenoxy) is 3. The molecule has 5 aromatic rings. The first kappa shape index (κ1) is 63.1. The van der Waals surface area contributed by atoms with E-state index in [2.05, 4.69) is 38.8 Å². The number of sulfonamides is 3. The SMILES string of the molecule is C.C.C.C=C1N[C@@]2(CCOc3ccc(CC(=O)c4ccc(Cl)cn4)cc32)CS(=O)(=O)N1C.C=C1N[C@@]2(CCOc3ccc(N)cc32)CS(=O)(=O)N1C.CN1C(N)=N[C@@]2(CCOc3ccc(CC(=O)c4ccc(Cl)cn4)cc32)CS1(=O)=O. The Balaban J connectivity index is 0.000000196. The van der Waals surface area contributed by atoms with Crippen LogP contribution in [-0.2, 0) is 59.5 Å². The molecule has 436 valence electrons. The Hall–Kier alpha value is -7.12. The van der Waals surface area contributed by atoms with Crippen molar-refractivity contribution < 1.29 is 49.1 Å². The highest BCUT2D eigenvalue weighted by Crippen LogP contribution is 2.46. The van der Waals surface area contributed by atoms with Gasteiger partial charge >= 0.3 is 0 Å². The van der Waals surface area contributed by atoms with Crippen LogP contribution in [0.15, 0.2) is 121 Å². The van der Waals surface area contributed by atoms with Gasteiger partial charge in [0, 0.05) is 88.0 Å². The zero-order valence-corrected chi connectivity index (χ0v) is 46.6. The third-order valence-electron chi connectivity index (χ3n) is 14.4. The maximum atomic E-state index is 12.7. The fraction of sp³-hybridized carbons (Fsp3) is 0.364. The van der Waals surface area contributed by atoms with Crippen molar-refractivity contribution in [1.29, 1.82) is 0 Å². The summed E-state index contributed by atoms with van der Waals surface area (Å²) in [6.07, 6.45) is 4.49. The fourth-order valence-electron chi connectivity index (χ4n) is 10.1. The number of carbonyl (C=O) groups excluding carboxylic acids is 2. The van der Waals surface area contributed by atoms with Crippen molar-refractivity contribution in [2.75, 3.05) is 64.0 Å². The Morgan fingerprint density at radius 2 is 0.988 bits per heavy atom. The topological polar surface area (TPSA) is 288 Å². The highest BCUT2D eigenvalue weighted by Gasteiger charge is 2.50. The van der Waals surface area contributed by atoms with Gasteiger partial charge < -0.3 is 36.3 Å². The second-order valence-corrected chi connectivity index (χ2v) is 26.5. The number of hydrogen-bond donors (Lipinski definition) is 4. The van der Waals surface area contributed by atoms with Gasteiger partial charge in [-0.25, -0.2) is 34.6 Å². The van der Waals surface area contributed by atoms with E-state index in [0.29, 0.717) is 106 Å². The van der Waals surface area contributed by atoms with Crippen LogP contribution in [0.5, 0.6) is 17.2 Å². The van der Waals surface area contributed by atoms with E-state index in [0.717, 1.165) is 25.3 Å². The molecule has 3 spiro atoms. The van der Waals surface area contributed by atoms with Gasteiger partial charge in [0.15, 0.2) is 11.6 Å². The maximum absolute atomic E-state index is 12.7. The number of aromatic nitrogens is 2. The van der Waals surface area contributed by atoms with Crippen molar-refractivity contribution in [2.24, 2.45) is 10.7 Å². The first-order chi connectivity index (χ1) is 36.7. The minimum Gasteiger partial charge on any atom is -0.493 e. The van der Waals surface area contributed by atoms with Gasteiger partial charge in [0.1, 0.15) is 45.8 Å². The average Bonchev–Trinajstić information content (AvgIpc) is 3.55. The molecule has 2 aromatic heterocycles. The van der Waals surface area contributed by atoms with Crippen LogP contribution in [0.1, 0.15) is 90.3 Å². The molecule has 11 rings (SSSR count). The van der Waals surface area contributed by atoms with E-state index in [1.165, 1.54) is 37.8 Å². The van der Waals surface area contributed by atoms with Crippen LogP contribution in [0.4, 0.5) is 5.69 Å². The number of nitrogens with two attached hydrogens (primary N) is 2. The highest BCUT2D eigenvalue weighted by molar-refractivity contribution is 7.90. The summed E-state index contributed by atoms with van der Waals surface area (Å²) in [6, 6.07) is 22.4. The van der Waals surface area contributed by atoms with Crippen LogP contribution in [0.2, 0.25) is 10.0 Å². The number of fused-ring (bicyclic) bond motifs is 6. The Bertz CT molecular complexity index is 3640. The van der Waals surface area contributed by atoms with Crippen molar-refractivity contribution in [1.82, 2.24) is 33.5 Å². The molecule has 81 heavy (non-hydrogen) atoms. The standard InChI is InChI=1S/C20H20ClN3O4S.C19H19ClN4O4S.C13H17N3O3S.3CH4/c1-13-23-20(12-29(26,27)24(13)2)7-8-28-19-6-3-14(9-16(19)20)10-18(25)17-5-4-15(21)11-22-17;1-24-18(21)23-19(11-29(24,26)27)6-7-28-17-5-2-12(8-14(17)19)9-16(25)15-4-3-13(20)10-22-15;1-9-15-13(8-20(17,18)16(9)2)5-6-19-12-4-3-10(14)7-11(12)13;;;/h3-6,9,11,23H,1,7-8,10,12H2,2H3;2-5,8,10H,6-7,9,11H2,1H3,(H2,21,23);3-4,7,15H,1,5-6,8,14H2,2H3;3*1H4/t20-;19-;13-;;;/m000.../s1. The fourth-order valence-corrected chi connectivity index (χ4v) is 14.9. The summed E-state index contributed by atoms with van der Waals surface area (Å²) in [5, 5.41) is 7.42. The van der Waals surface area contributed by atoms with Crippen molar-refractivity contribution in [2.45, 2.75) is 71.0 Å². The van der Waals surface area contributed by atoms with Gasteiger partial charge in [-0.2, -0.15) is 0 Å². The molecule has 6 aliphatic heterocycles. The molecule has 0 radical (unpaired) electrons. The number of Topliss-reactive ketones (excluding diaryl/α,β-unsaturated/α-hetero) is 2. The largest absolute Gasteiger partial charge is 0.493 e. The van der Waals surface area contributed by atoms with Gasteiger partial charge in [0.25, 0.3) is 0 Å². The molecule has 3 aromatic carbocycles. The number of anilines is 1. The first-order valence-electron chi connectivity index (χ1n) is 24.3. The summed E-state index contributed by atoms with van der Waals surface area (Å²) >= 11 is 11.7. The smallest absolute Gasteiger partial charge is 0.239 e. The van der Waals surface area contributed by atoms with Gasteiger partial charge in [-0.3, -0.25) is 28.2 Å². The number of nitrogens with one attached hydrogen (secondary N) is 2. The lowest BCUT2D eigenvalue weighted by atomic mass is 9.84. The number of aliphatic imine (C=N–C) groups is 1. The van der Waals surface area contributed by atoms with E-state index >= 15 is 0 Å². The molecule has 2 saturated heterocycles. The number of carbonyl (C=O) groups is 2. The molecule has 26 heteroatoms. The molecule has 0 unspecified atom stereocenters. The molecule has 0 aliphatic carbocycles. The lowest BCUT2D eigenvalue weighted by molar-refractivity contribution is 0.0980. The summed E-state index contributed by atoms with van der Waals surface area (Å²) < 4.78 is 95.5. The summed E-state index contributed by atoms with van der Waals surface area (Å²) in [5.74, 6) is 1.78. The zero-order chi connectivity index (χ0) is 56.2. The number of nitrogens with zero attached hydrogens (tertiary/aromatic N) is 6. The first-order valence-corrected chi connectivity index (χ1v) is 29.9. The molecule has 0 saturated carbocycles. The van der Waals surface area contributed by atoms with Crippen molar-refractivity contribution in [3.8, 4) is 17.2 Å². The monoisotopic (exact) mass is 1210 g/mol. The molecule has 21 nitrogen and oxygen atoms in total. The quantitative estimate of drug-likeness (QED) is 0.102. The van der Waals surface area contributed by atoms with Gasteiger partial charge in [0.2, 0.25) is 36.0 Å². The van der Waals surface area contributed by atoms with Gasteiger partial charge in [-0.1, -0.05) is 70.8 Å². The molecule has 6 aliphatic rings. The van der Waals surface area contributed by atoms with Gasteiger partial charge in [0.05, 0.1) is 58.2 Å². The molecular formula is C55H68Cl2N10O11S3. The van der Waals surface area contributed by atoms with E-state index in [-0.39, 0.29) is 69.9 Å². The summed E-state index contributed by atoms with van der Waals surface area (Å²) in [7, 11) is -6.17. The summed E-state index contributed by atoms with van der Waals surface area (Å²) in [6.45, 7) is 8.82. The van der Waals surface area contributed by atoms with E-state index < -0.39 is 46.7 Å². The molecule has 8 heterocycles. The van der Waals surface area contributed by atoms with Crippen LogP contribution < -0.4 is 36.3 Å². The Labute approximate surface area is 484 Å². The number of rotatable bonds is 6. The van der Waals surface area contributed by atoms with E-state index in [1.54, 1.807) is 66.7 Å². The Morgan fingerprint density at radius 1 is 0.580 bits per heavy atom. The number of halogens is 2. The van der Waals surface area contributed by atoms with Gasteiger partial charge in [-0.15, -0.1) is 0 Å². The molecule has 2 fully saturated rings. The molecular weight excluding hydrogens is 1140 g/mol. The highest BCUT2D eigenvalue weighted by atomic mass is 35.5. The molecule has 6 N–H and O–H groups in total. The maximum Gasteiger partial charge on any atom is 0.239 e. The number of benzene rings is 3. The van der Waals surface area contributed by atoms with Crippen LogP contribution >= 0.6 is 23.2 Å². The van der Waals surface area contributed by atoms with Crippen molar-refractivity contribution in [3.63, 3.8) is 0 Å². The van der Waals surface area contributed by atoms with E-state index in [9.17, 15) is 34.8 Å². The van der Waals surface area contributed by atoms with E-state index in [1.807, 2.05) is 12.1 Å². The third kappa shape index (κ3) is 12.7. The molecule has 3 atom stereocenters. The van der Waals surface area contributed by atoms with Crippen LogP contribution in [0.25, 0.3) is 0 Å². The number of hydrogen-bond acceptors (Lipinski definition) is 18. The minimum absolute atomic E-state index is 0. The Morgan fingerprint density at radius 3 is 1.42 bits per heavy atom. The minimum atomic E-state index is -3.61. The van der Waals surface area contributed by atoms with Crippen LogP contribution in [0, 0.1) is 0 Å². The molecule has 0 bridgehead atoms. The predicted octanol–water partition coefficient (Wildman–Crippen LogP) is 6.69. The van der Waals surface area contributed by atoms with Crippen LogP contribution in [0.3, 0.4) is 0 Å². The molecule has 0 amide bonds. The third-order valence-corrected chi connectivity index (χ3v) is 20.6. The number of guanidine groups is 1. The second kappa shape index (κ2) is 23.8. The summed E-state index contributed by atoms with van der Waals surface area (Å²) in [4.78, 5) is 37.8. The zero-order valence-electron chi connectivity index (χ0n) is 42.7. The Kier molecular flexibility index (Phi) is 18.5. The predicted molar refractivity (Wildman–Crippen MR) is 315 cm³/mol. The number of nitrogen functional groups attached to an aromatic ring is 1. The lowest BCUT2D eigenvalue weighted by Crippen LogP contribution is -2.58. The normalized spacial score (nSPS) is 23.0. The summed E-state index contributed by atoms with van der Waals surface area (Å²) in [5.41, 5.74) is 14.0. The second-order valence-electron chi connectivity index (χ2n) is 19.6. The van der Waals surface area contributed by atoms with Crippen molar-refractivity contribution in [3.05, 3.63) is 165 Å². The van der Waals surface area contributed by atoms with Crippen molar-refractivity contribution >= 4 is 76.5 Å².